The summed E-state index contributed by atoms with van der Waals surface area (Å²) in [6, 6.07) is 3.91. The number of ether oxygens (including phenoxy) is 2. The summed E-state index contributed by atoms with van der Waals surface area (Å²) >= 11 is 0. The maximum Gasteiger partial charge on any atom is 0.338 e. The van der Waals surface area contributed by atoms with Gasteiger partial charge in [0, 0.05) is 12.8 Å². The van der Waals surface area contributed by atoms with Gasteiger partial charge in [0.15, 0.2) is 0 Å². The number of nitrogens with two attached hydrogens (primary N) is 1. The molecule has 5 heteroatoms. The lowest BCUT2D eigenvalue weighted by Crippen LogP contribution is -2.26. The lowest BCUT2D eigenvalue weighted by atomic mass is 10.1. The zero-order valence-electron chi connectivity index (χ0n) is 9.32. The average molecular weight is 239 g/mol. The van der Waals surface area contributed by atoms with Gasteiger partial charge < -0.3 is 15.2 Å². The fourth-order valence-corrected chi connectivity index (χ4v) is 1.67. The number of esters is 1. The third kappa shape index (κ3) is 2.94. The zero-order chi connectivity index (χ0) is 12.3. The summed E-state index contributed by atoms with van der Waals surface area (Å²) in [5, 5.41) is 0. The minimum atomic E-state index is -0.605. The van der Waals surface area contributed by atoms with Crippen molar-refractivity contribution < 1.29 is 18.7 Å². The summed E-state index contributed by atoms with van der Waals surface area (Å²) in [5.41, 5.74) is 5.53. The van der Waals surface area contributed by atoms with Gasteiger partial charge in [0.2, 0.25) is 0 Å². The number of carbonyl (C=O) groups is 1. The van der Waals surface area contributed by atoms with Crippen molar-refractivity contribution in [2.45, 2.75) is 18.9 Å². The van der Waals surface area contributed by atoms with E-state index in [2.05, 4.69) is 0 Å². The molecule has 1 aliphatic heterocycles. The third-order valence-electron chi connectivity index (χ3n) is 2.68. The van der Waals surface area contributed by atoms with E-state index < -0.39 is 11.8 Å². The Morgan fingerprint density at radius 1 is 1.41 bits per heavy atom. The van der Waals surface area contributed by atoms with Crippen molar-refractivity contribution in [1.82, 2.24) is 0 Å². The number of halogens is 1. The van der Waals surface area contributed by atoms with Gasteiger partial charge in [-0.25, -0.2) is 9.18 Å². The second kappa shape index (κ2) is 5.14. The maximum absolute atomic E-state index is 13.2. The molecule has 1 heterocycles. The maximum atomic E-state index is 13.2. The predicted octanol–water partition coefficient (Wildman–Crippen LogP) is 1.74. The number of benzene rings is 1. The van der Waals surface area contributed by atoms with Crippen molar-refractivity contribution in [3.8, 4) is 0 Å². The molecule has 0 saturated carbocycles. The van der Waals surface area contributed by atoms with Crippen LogP contribution in [-0.4, -0.2) is 25.3 Å². The van der Waals surface area contributed by atoms with Gasteiger partial charge in [0.1, 0.15) is 11.9 Å². The van der Waals surface area contributed by atoms with Crippen LogP contribution in [0.1, 0.15) is 23.2 Å². The summed E-state index contributed by atoms with van der Waals surface area (Å²) < 4.78 is 23.6. The number of nitrogen functional groups attached to an aromatic ring is 1. The molecule has 0 radical (unpaired) electrons. The summed E-state index contributed by atoms with van der Waals surface area (Å²) in [6.45, 7) is 1.18. The number of anilines is 1. The second-order valence-corrected chi connectivity index (χ2v) is 3.95. The topological polar surface area (TPSA) is 61.6 Å². The highest BCUT2D eigenvalue weighted by atomic mass is 19.1. The molecule has 0 aromatic heterocycles. The highest BCUT2D eigenvalue weighted by Gasteiger charge is 2.19. The van der Waals surface area contributed by atoms with Crippen LogP contribution in [0.15, 0.2) is 18.2 Å². The van der Waals surface area contributed by atoms with Crippen molar-refractivity contribution in [3.05, 3.63) is 29.6 Å². The van der Waals surface area contributed by atoms with Gasteiger partial charge in [-0.05, 0) is 18.2 Å². The summed E-state index contributed by atoms with van der Waals surface area (Å²) in [7, 11) is 0. The molecule has 1 fully saturated rings. The van der Waals surface area contributed by atoms with E-state index in [1.807, 2.05) is 0 Å². The molecule has 0 bridgehead atoms. The molecule has 0 spiro atoms. The molecule has 2 rings (SSSR count). The minimum Gasteiger partial charge on any atom is -0.459 e. The molecule has 1 aromatic rings. The minimum absolute atomic E-state index is 0.0209. The van der Waals surface area contributed by atoms with Crippen LogP contribution < -0.4 is 5.73 Å². The molecule has 1 aliphatic rings. The van der Waals surface area contributed by atoms with Crippen molar-refractivity contribution in [1.29, 1.82) is 0 Å². The Labute approximate surface area is 98.5 Å². The van der Waals surface area contributed by atoms with Crippen molar-refractivity contribution in [2.75, 3.05) is 18.9 Å². The Morgan fingerprint density at radius 3 is 2.76 bits per heavy atom. The fourth-order valence-electron chi connectivity index (χ4n) is 1.67. The van der Waals surface area contributed by atoms with Gasteiger partial charge >= 0.3 is 5.97 Å². The van der Waals surface area contributed by atoms with Crippen LogP contribution in [0.25, 0.3) is 0 Å². The predicted molar refractivity (Wildman–Crippen MR) is 60.1 cm³/mol. The molecule has 2 N–H and O–H groups in total. The molecular formula is C12H14FNO3. The Balaban J connectivity index is 2.01. The van der Waals surface area contributed by atoms with E-state index in [4.69, 9.17) is 15.2 Å². The summed E-state index contributed by atoms with van der Waals surface area (Å²) in [5.74, 6) is -1.12. The Kier molecular flexibility index (Phi) is 3.58. The summed E-state index contributed by atoms with van der Waals surface area (Å²) in [4.78, 5) is 11.7. The number of hydrogen-bond acceptors (Lipinski definition) is 4. The van der Waals surface area contributed by atoms with E-state index >= 15 is 0 Å². The molecule has 17 heavy (non-hydrogen) atoms. The normalized spacial score (nSPS) is 16.8. The van der Waals surface area contributed by atoms with Crippen LogP contribution in [0.5, 0.6) is 0 Å². The van der Waals surface area contributed by atoms with Gasteiger partial charge in [-0.3, -0.25) is 0 Å². The fraction of sp³-hybridized carbons (Fsp3) is 0.417. The number of hydrogen-bond donors (Lipinski definition) is 1. The molecule has 0 amide bonds. The molecule has 0 unspecified atom stereocenters. The first-order chi connectivity index (χ1) is 8.16. The van der Waals surface area contributed by atoms with Crippen molar-refractivity contribution in [3.63, 3.8) is 0 Å². The van der Waals surface area contributed by atoms with E-state index in [1.54, 1.807) is 0 Å². The van der Waals surface area contributed by atoms with Crippen LogP contribution in [-0.2, 0) is 9.47 Å². The molecule has 1 saturated heterocycles. The molecule has 4 nitrogen and oxygen atoms in total. The highest BCUT2D eigenvalue weighted by molar-refractivity contribution is 5.89. The van der Waals surface area contributed by atoms with E-state index in [0.717, 1.165) is 6.07 Å². The van der Waals surface area contributed by atoms with Gasteiger partial charge in [-0.15, -0.1) is 0 Å². The van der Waals surface area contributed by atoms with Crippen LogP contribution in [0.4, 0.5) is 10.1 Å². The van der Waals surface area contributed by atoms with E-state index in [9.17, 15) is 9.18 Å². The van der Waals surface area contributed by atoms with E-state index in [-0.39, 0.29) is 17.4 Å². The standard InChI is InChI=1S/C12H14FNO3/c13-10-7-8(1-2-11(10)14)12(15)17-9-3-5-16-6-4-9/h1-2,7,9H,3-6,14H2. The second-order valence-electron chi connectivity index (χ2n) is 3.95. The molecule has 0 atom stereocenters. The monoisotopic (exact) mass is 239 g/mol. The largest absolute Gasteiger partial charge is 0.459 e. The molecule has 92 valence electrons. The van der Waals surface area contributed by atoms with Crippen molar-refractivity contribution >= 4 is 11.7 Å². The number of rotatable bonds is 2. The Bertz CT molecular complexity index is 416. The molecule has 0 aliphatic carbocycles. The number of carbonyl (C=O) groups excluding carboxylic acids is 1. The Morgan fingerprint density at radius 2 is 2.12 bits per heavy atom. The first-order valence-electron chi connectivity index (χ1n) is 5.50. The SMILES string of the molecule is Nc1ccc(C(=O)OC2CCOCC2)cc1F. The Hall–Kier alpha value is -1.62. The molecular weight excluding hydrogens is 225 g/mol. The van der Waals surface area contributed by atoms with Crippen molar-refractivity contribution in [2.24, 2.45) is 0 Å². The lowest BCUT2D eigenvalue weighted by Gasteiger charge is -2.22. The van der Waals surface area contributed by atoms with Gasteiger partial charge in [0.25, 0.3) is 0 Å². The quantitative estimate of drug-likeness (QED) is 0.630. The van der Waals surface area contributed by atoms with E-state index in [0.29, 0.717) is 26.1 Å². The van der Waals surface area contributed by atoms with E-state index in [1.165, 1.54) is 12.1 Å². The zero-order valence-corrected chi connectivity index (χ0v) is 9.32. The van der Waals surface area contributed by atoms with Crippen LogP contribution in [0.3, 0.4) is 0 Å². The van der Waals surface area contributed by atoms with Gasteiger partial charge in [0.05, 0.1) is 24.5 Å². The first-order valence-corrected chi connectivity index (χ1v) is 5.50. The lowest BCUT2D eigenvalue weighted by molar-refractivity contribution is -0.0159. The third-order valence-corrected chi connectivity index (χ3v) is 2.68. The first kappa shape index (κ1) is 11.9. The van der Waals surface area contributed by atoms with Crippen LogP contribution in [0.2, 0.25) is 0 Å². The van der Waals surface area contributed by atoms with Gasteiger partial charge in [-0.1, -0.05) is 0 Å². The summed E-state index contributed by atoms with van der Waals surface area (Å²) in [6.07, 6.45) is 1.23. The highest BCUT2D eigenvalue weighted by Crippen LogP contribution is 2.16. The van der Waals surface area contributed by atoms with Crippen LogP contribution in [0, 0.1) is 5.82 Å². The van der Waals surface area contributed by atoms with Crippen LogP contribution >= 0.6 is 0 Å². The average Bonchev–Trinajstić information content (AvgIpc) is 2.34. The van der Waals surface area contributed by atoms with Gasteiger partial charge in [-0.2, -0.15) is 0 Å². The molecule has 1 aromatic carbocycles. The smallest absolute Gasteiger partial charge is 0.338 e.